The molecule has 0 aliphatic heterocycles. The predicted molar refractivity (Wildman–Crippen MR) is 110 cm³/mol. The van der Waals surface area contributed by atoms with Crippen molar-refractivity contribution in [1.82, 2.24) is 0 Å². The number of thiophene rings is 3. The first kappa shape index (κ1) is 14.5. The number of hydrogen-bond acceptors (Lipinski definition) is 3. The van der Waals surface area contributed by atoms with Gasteiger partial charge in [-0.2, -0.15) is 0 Å². The van der Waals surface area contributed by atoms with E-state index < -0.39 is 0 Å². The van der Waals surface area contributed by atoms with Crippen LogP contribution < -0.4 is 0 Å². The van der Waals surface area contributed by atoms with E-state index in [2.05, 4.69) is 38.1 Å². The molecule has 0 nitrogen and oxygen atoms in total. The van der Waals surface area contributed by atoms with Crippen molar-refractivity contribution >= 4 is 96.2 Å². The normalized spacial score (nSPS) is 12.3. The van der Waals surface area contributed by atoms with Crippen LogP contribution in [-0.2, 0) is 0 Å². The van der Waals surface area contributed by atoms with E-state index in [0.717, 1.165) is 21.2 Å². The molecule has 0 fully saturated rings. The minimum atomic E-state index is 0.849. The van der Waals surface area contributed by atoms with Crippen molar-refractivity contribution in [3.63, 3.8) is 0 Å². The van der Waals surface area contributed by atoms with Crippen molar-refractivity contribution in [2.45, 2.75) is 13.8 Å². The van der Waals surface area contributed by atoms with Crippen molar-refractivity contribution in [2.75, 3.05) is 0 Å². The average molecular weight is 393 g/mol. The minimum Gasteiger partial charge on any atom is -0.133 e. The highest BCUT2D eigenvalue weighted by Gasteiger charge is 2.17. The summed E-state index contributed by atoms with van der Waals surface area (Å²) in [6.45, 7) is 4.14. The Labute approximate surface area is 154 Å². The summed E-state index contributed by atoms with van der Waals surface area (Å²) < 4.78 is 8.10. The molecule has 3 aromatic heterocycles. The van der Waals surface area contributed by atoms with Gasteiger partial charge in [0, 0.05) is 30.2 Å². The summed E-state index contributed by atoms with van der Waals surface area (Å²) >= 11 is 18.2. The van der Waals surface area contributed by atoms with Crippen molar-refractivity contribution in [3.8, 4) is 0 Å². The lowest BCUT2D eigenvalue weighted by Crippen LogP contribution is -1.73. The summed E-state index contributed by atoms with van der Waals surface area (Å²) in [4.78, 5) is 0. The number of hydrogen-bond donors (Lipinski definition) is 0. The van der Waals surface area contributed by atoms with Gasteiger partial charge in [-0.1, -0.05) is 23.2 Å². The second-order valence-electron chi connectivity index (χ2n) is 5.82. The van der Waals surface area contributed by atoms with Gasteiger partial charge in [0.05, 0.1) is 18.8 Å². The van der Waals surface area contributed by atoms with Crippen LogP contribution in [0.2, 0.25) is 10.0 Å². The molecule has 0 bridgehead atoms. The molecule has 0 aliphatic carbocycles. The molecule has 0 amide bonds. The molecule has 2 aromatic carbocycles. The Morgan fingerprint density at radius 3 is 1.48 bits per heavy atom. The van der Waals surface area contributed by atoms with Gasteiger partial charge >= 0.3 is 0 Å². The van der Waals surface area contributed by atoms with Crippen LogP contribution in [0.1, 0.15) is 11.1 Å². The lowest BCUT2D eigenvalue weighted by molar-refractivity contribution is 1.52. The molecule has 0 saturated heterocycles. The zero-order valence-electron chi connectivity index (χ0n) is 12.3. The molecule has 3 heterocycles. The summed E-state index contributed by atoms with van der Waals surface area (Å²) in [5.74, 6) is 0. The quantitative estimate of drug-likeness (QED) is 0.248. The van der Waals surface area contributed by atoms with Gasteiger partial charge in [-0.05, 0) is 49.2 Å². The molecule has 5 heteroatoms. The molecule has 0 unspecified atom stereocenters. The lowest BCUT2D eigenvalue weighted by atomic mass is 10.2. The number of aryl methyl sites for hydroxylation is 2. The van der Waals surface area contributed by atoms with Crippen LogP contribution in [-0.4, -0.2) is 0 Å². The Bertz CT molecular complexity index is 1160. The number of halogens is 2. The molecular weight excluding hydrogens is 383 g/mol. The molecule has 0 spiro atoms. The fourth-order valence-corrected chi connectivity index (χ4v) is 7.76. The van der Waals surface area contributed by atoms with Gasteiger partial charge in [-0.3, -0.25) is 0 Å². The second-order valence-corrected chi connectivity index (χ2v) is 9.76. The molecular formula is C18H10Cl2S3. The highest BCUT2D eigenvalue weighted by Crippen LogP contribution is 2.50. The third-order valence-corrected chi connectivity index (χ3v) is 9.06. The van der Waals surface area contributed by atoms with Gasteiger partial charge in [0.25, 0.3) is 0 Å². The molecule has 5 aromatic rings. The van der Waals surface area contributed by atoms with Crippen molar-refractivity contribution < 1.29 is 0 Å². The van der Waals surface area contributed by atoms with Crippen LogP contribution in [0, 0.1) is 13.8 Å². The maximum absolute atomic E-state index is 6.30. The average Bonchev–Trinajstić information content (AvgIpc) is 3.11. The summed E-state index contributed by atoms with van der Waals surface area (Å²) in [5.41, 5.74) is 2.28. The SMILES string of the molecule is Cc1cc2c(cc1Cl)sc1c2sc2c3cc(C)c(Cl)cc3sc21. The van der Waals surface area contributed by atoms with Gasteiger partial charge < -0.3 is 0 Å². The minimum absolute atomic E-state index is 0.849. The van der Waals surface area contributed by atoms with Gasteiger partial charge in [0.1, 0.15) is 0 Å². The Morgan fingerprint density at radius 2 is 1.04 bits per heavy atom. The zero-order chi connectivity index (χ0) is 15.9. The van der Waals surface area contributed by atoms with Crippen LogP contribution in [0.15, 0.2) is 24.3 Å². The second kappa shape index (κ2) is 4.84. The number of fused-ring (bicyclic) bond motifs is 7. The molecule has 0 saturated carbocycles. The van der Waals surface area contributed by atoms with E-state index >= 15 is 0 Å². The fourth-order valence-electron chi connectivity index (χ4n) is 3.01. The van der Waals surface area contributed by atoms with Crippen LogP contribution in [0.25, 0.3) is 39.0 Å². The first-order valence-corrected chi connectivity index (χ1v) is 10.4. The van der Waals surface area contributed by atoms with Crippen LogP contribution in [0.4, 0.5) is 0 Å². The van der Waals surface area contributed by atoms with E-state index in [0.29, 0.717) is 0 Å². The lowest BCUT2D eigenvalue weighted by Gasteiger charge is -1.98. The van der Waals surface area contributed by atoms with Crippen LogP contribution >= 0.6 is 57.2 Å². The van der Waals surface area contributed by atoms with Crippen molar-refractivity contribution in [1.29, 1.82) is 0 Å². The van der Waals surface area contributed by atoms with Gasteiger partial charge in [-0.15, -0.1) is 34.0 Å². The standard InChI is InChI=1S/C18H10Cl2S3/c1-7-3-9-13(5-11(7)19)21-17-15(9)23-16-10-4-8(2)12(20)6-14(10)22-18(16)17/h3-6H,1-2H3. The molecule has 114 valence electrons. The summed E-state index contributed by atoms with van der Waals surface area (Å²) in [6.07, 6.45) is 0. The first-order valence-electron chi connectivity index (χ1n) is 7.16. The highest BCUT2D eigenvalue weighted by molar-refractivity contribution is 7.43. The number of rotatable bonds is 0. The van der Waals surface area contributed by atoms with E-state index in [1.807, 2.05) is 34.0 Å². The zero-order valence-corrected chi connectivity index (χ0v) is 16.3. The molecule has 0 atom stereocenters. The van der Waals surface area contributed by atoms with Crippen molar-refractivity contribution in [3.05, 3.63) is 45.4 Å². The predicted octanol–water partition coefficient (Wildman–Crippen LogP) is 8.41. The summed E-state index contributed by atoms with van der Waals surface area (Å²) in [6, 6.07) is 8.65. The summed E-state index contributed by atoms with van der Waals surface area (Å²) in [7, 11) is 0. The third-order valence-electron chi connectivity index (χ3n) is 4.26. The maximum atomic E-state index is 6.30. The molecule has 23 heavy (non-hydrogen) atoms. The third kappa shape index (κ3) is 1.95. The number of benzene rings is 2. The Hall–Kier alpha value is -0.840. The largest absolute Gasteiger partial charge is 0.133 e. The van der Waals surface area contributed by atoms with Crippen LogP contribution in [0.5, 0.6) is 0 Å². The van der Waals surface area contributed by atoms with Crippen molar-refractivity contribution in [2.24, 2.45) is 0 Å². The fraction of sp³-hybridized carbons (Fsp3) is 0.111. The molecule has 5 rings (SSSR count). The Kier molecular flexibility index (Phi) is 3.05. The van der Waals surface area contributed by atoms with Gasteiger partial charge in [0.2, 0.25) is 0 Å². The van der Waals surface area contributed by atoms with E-state index in [4.69, 9.17) is 23.2 Å². The van der Waals surface area contributed by atoms with E-state index in [9.17, 15) is 0 Å². The molecule has 0 N–H and O–H groups in total. The smallest absolute Gasteiger partial charge is 0.0642 e. The topological polar surface area (TPSA) is 0 Å². The van der Waals surface area contributed by atoms with E-state index in [-0.39, 0.29) is 0 Å². The van der Waals surface area contributed by atoms with E-state index in [1.54, 1.807) is 0 Å². The van der Waals surface area contributed by atoms with Gasteiger partial charge in [-0.25, -0.2) is 0 Å². The maximum Gasteiger partial charge on any atom is 0.0642 e. The molecule has 0 aliphatic rings. The summed E-state index contributed by atoms with van der Waals surface area (Å²) in [5, 5.41) is 4.36. The molecule has 0 radical (unpaired) electrons. The highest BCUT2D eigenvalue weighted by atomic mass is 35.5. The Balaban J connectivity index is 1.98. The van der Waals surface area contributed by atoms with Crippen LogP contribution in [0.3, 0.4) is 0 Å². The first-order chi connectivity index (χ1) is 11.0. The monoisotopic (exact) mass is 392 g/mol. The van der Waals surface area contributed by atoms with Gasteiger partial charge in [0.15, 0.2) is 0 Å². The van der Waals surface area contributed by atoms with E-state index in [1.165, 1.54) is 39.0 Å². The Morgan fingerprint density at radius 1 is 0.609 bits per heavy atom.